The zero-order valence-corrected chi connectivity index (χ0v) is 12.0. The van der Waals surface area contributed by atoms with E-state index in [0.29, 0.717) is 5.69 Å². The van der Waals surface area contributed by atoms with E-state index in [0.717, 1.165) is 0 Å². The molecule has 0 unspecified atom stereocenters. The van der Waals surface area contributed by atoms with Crippen molar-refractivity contribution in [1.29, 1.82) is 0 Å². The molecule has 1 rings (SSSR count). The lowest BCUT2D eigenvalue weighted by atomic mass is 10.0. The van der Waals surface area contributed by atoms with E-state index < -0.39 is 12.7 Å². The summed E-state index contributed by atoms with van der Waals surface area (Å²) in [5.41, 5.74) is 0.428. The molecule has 0 heterocycles. The van der Waals surface area contributed by atoms with Gasteiger partial charge in [0.25, 0.3) is 0 Å². The van der Waals surface area contributed by atoms with Gasteiger partial charge in [0.1, 0.15) is 11.8 Å². The second kappa shape index (κ2) is 7.56. The van der Waals surface area contributed by atoms with Crippen molar-refractivity contribution >= 4 is 17.5 Å². The number of anilines is 1. The normalized spacial score (nSPS) is 12.1. The van der Waals surface area contributed by atoms with Gasteiger partial charge in [-0.3, -0.25) is 9.59 Å². The molecule has 0 saturated carbocycles. The molecular formula is C14H18F2N2O3. The van der Waals surface area contributed by atoms with E-state index in [-0.39, 0.29) is 23.5 Å². The molecule has 2 amide bonds. The second-order valence-electron chi connectivity index (χ2n) is 4.81. The maximum Gasteiger partial charge on any atom is 0.387 e. The lowest BCUT2D eigenvalue weighted by molar-refractivity contribution is -0.126. The van der Waals surface area contributed by atoms with Crippen molar-refractivity contribution in [1.82, 2.24) is 5.32 Å². The molecule has 1 aromatic carbocycles. The van der Waals surface area contributed by atoms with Gasteiger partial charge in [-0.2, -0.15) is 8.78 Å². The lowest BCUT2D eigenvalue weighted by Crippen LogP contribution is -2.46. The number of hydrogen-bond acceptors (Lipinski definition) is 3. The maximum atomic E-state index is 12.1. The Kier molecular flexibility index (Phi) is 6.08. The van der Waals surface area contributed by atoms with E-state index in [1.54, 1.807) is 13.8 Å². The molecule has 1 aromatic rings. The first-order valence-electron chi connectivity index (χ1n) is 6.42. The molecule has 5 nitrogen and oxygen atoms in total. The molecular weight excluding hydrogens is 282 g/mol. The molecule has 0 aliphatic carbocycles. The van der Waals surface area contributed by atoms with Crippen LogP contribution in [0.3, 0.4) is 0 Å². The van der Waals surface area contributed by atoms with Gasteiger partial charge in [0, 0.05) is 12.6 Å². The van der Waals surface area contributed by atoms with Crippen molar-refractivity contribution in [2.24, 2.45) is 5.92 Å². The summed E-state index contributed by atoms with van der Waals surface area (Å²) >= 11 is 0. The van der Waals surface area contributed by atoms with Crippen LogP contribution in [0.25, 0.3) is 0 Å². The molecule has 0 bridgehead atoms. The minimum atomic E-state index is -2.89. The van der Waals surface area contributed by atoms with Crippen LogP contribution >= 0.6 is 0 Å². The number of carbonyl (C=O) groups excluding carboxylic acids is 2. The van der Waals surface area contributed by atoms with Crippen LogP contribution < -0.4 is 15.4 Å². The lowest BCUT2D eigenvalue weighted by Gasteiger charge is -2.21. The average molecular weight is 300 g/mol. The topological polar surface area (TPSA) is 67.4 Å². The zero-order valence-electron chi connectivity index (χ0n) is 12.0. The van der Waals surface area contributed by atoms with E-state index in [1.165, 1.54) is 31.2 Å². The number of benzene rings is 1. The van der Waals surface area contributed by atoms with Crippen LogP contribution in [-0.4, -0.2) is 24.5 Å². The van der Waals surface area contributed by atoms with Crippen molar-refractivity contribution in [2.45, 2.75) is 33.4 Å². The Morgan fingerprint density at radius 1 is 1.14 bits per heavy atom. The summed E-state index contributed by atoms with van der Waals surface area (Å²) in [4.78, 5) is 23.2. The van der Waals surface area contributed by atoms with Crippen molar-refractivity contribution in [3.05, 3.63) is 24.3 Å². The number of hydrogen-bond donors (Lipinski definition) is 2. The standard InChI is InChI=1S/C14H18F2N2O3/c1-8(2)12(17-9(3)19)13(20)18-10-4-6-11(7-5-10)21-14(15)16/h4-8,12,14H,1-3H3,(H,17,19)(H,18,20)/t12-/m0/s1. The van der Waals surface area contributed by atoms with Gasteiger partial charge in [0.15, 0.2) is 0 Å². The SMILES string of the molecule is CC(=O)N[C@H](C(=O)Nc1ccc(OC(F)F)cc1)C(C)C. The molecule has 116 valence electrons. The predicted molar refractivity (Wildman–Crippen MR) is 74.1 cm³/mol. The third kappa shape index (κ3) is 5.76. The smallest absolute Gasteiger partial charge is 0.387 e. The molecule has 0 fully saturated rings. The summed E-state index contributed by atoms with van der Waals surface area (Å²) in [5, 5.41) is 5.17. The van der Waals surface area contributed by atoms with E-state index in [1.807, 2.05) is 0 Å². The van der Waals surface area contributed by atoms with E-state index in [4.69, 9.17) is 0 Å². The highest BCUT2D eigenvalue weighted by molar-refractivity contribution is 5.97. The van der Waals surface area contributed by atoms with E-state index >= 15 is 0 Å². The minimum Gasteiger partial charge on any atom is -0.435 e. The van der Waals surface area contributed by atoms with Gasteiger partial charge in [-0.05, 0) is 30.2 Å². The molecule has 7 heteroatoms. The monoisotopic (exact) mass is 300 g/mol. The van der Waals surface area contributed by atoms with Crippen molar-refractivity contribution in [3.63, 3.8) is 0 Å². The Hall–Kier alpha value is -2.18. The Morgan fingerprint density at radius 2 is 1.71 bits per heavy atom. The summed E-state index contributed by atoms with van der Waals surface area (Å²) in [6.45, 7) is 2.05. The molecule has 0 aliphatic heterocycles. The number of halogens is 2. The summed E-state index contributed by atoms with van der Waals surface area (Å²) in [6, 6.07) is 4.87. The van der Waals surface area contributed by atoms with E-state index in [9.17, 15) is 18.4 Å². The fraction of sp³-hybridized carbons (Fsp3) is 0.429. The van der Waals surface area contributed by atoms with Crippen molar-refractivity contribution < 1.29 is 23.1 Å². The fourth-order valence-electron chi connectivity index (χ4n) is 1.69. The number of carbonyl (C=O) groups is 2. The number of nitrogens with one attached hydrogen (secondary N) is 2. The molecule has 0 radical (unpaired) electrons. The highest BCUT2D eigenvalue weighted by atomic mass is 19.3. The first-order chi connectivity index (χ1) is 9.79. The van der Waals surface area contributed by atoms with Crippen LogP contribution in [0.5, 0.6) is 5.75 Å². The first kappa shape index (κ1) is 16.9. The molecule has 0 spiro atoms. The Balaban J connectivity index is 2.70. The number of alkyl halides is 2. The molecule has 2 N–H and O–H groups in total. The Bertz CT molecular complexity index is 489. The van der Waals surface area contributed by atoms with Gasteiger partial charge < -0.3 is 15.4 Å². The second-order valence-corrected chi connectivity index (χ2v) is 4.81. The highest BCUT2D eigenvalue weighted by Gasteiger charge is 2.22. The summed E-state index contributed by atoms with van der Waals surface area (Å²) < 4.78 is 28.2. The molecule has 0 aliphatic rings. The quantitative estimate of drug-likeness (QED) is 0.847. The number of rotatable bonds is 6. The van der Waals surface area contributed by atoms with Gasteiger partial charge in [0.2, 0.25) is 11.8 Å². The predicted octanol–water partition coefficient (Wildman–Crippen LogP) is 2.39. The summed E-state index contributed by atoms with van der Waals surface area (Å²) in [7, 11) is 0. The maximum absolute atomic E-state index is 12.1. The number of ether oxygens (including phenoxy) is 1. The Morgan fingerprint density at radius 3 is 2.14 bits per heavy atom. The molecule has 21 heavy (non-hydrogen) atoms. The van der Waals surface area contributed by atoms with E-state index in [2.05, 4.69) is 15.4 Å². The van der Waals surface area contributed by atoms with Crippen molar-refractivity contribution in [3.8, 4) is 5.75 Å². The van der Waals surface area contributed by atoms with Gasteiger partial charge in [-0.1, -0.05) is 13.8 Å². The van der Waals surface area contributed by atoms with Gasteiger partial charge in [-0.25, -0.2) is 0 Å². The van der Waals surface area contributed by atoms with Crippen LogP contribution in [-0.2, 0) is 9.59 Å². The van der Waals surface area contributed by atoms with Crippen LogP contribution in [0.2, 0.25) is 0 Å². The molecule has 0 aromatic heterocycles. The average Bonchev–Trinajstić information content (AvgIpc) is 2.37. The van der Waals surface area contributed by atoms with Gasteiger partial charge in [-0.15, -0.1) is 0 Å². The van der Waals surface area contributed by atoms with Gasteiger partial charge in [0.05, 0.1) is 0 Å². The molecule has 1 atom stereocenters. The van der Waals surface area contributed by atoms with Crippen LogP contribution in [0.4, 0.5) is 14.5 Å². The zero-order chi connectivity index (χ0) is 16.0. The summed E-state index contributed by atoms with van der Waals surface area (Å²) in [6.07, 6.45) is 0. The largest absolute Gasteiger partial charge is 0.435 e. The Labute approximate surface area is 121 Å². The van der Waals surface area contributed by atoms with Crippen molar-refractivity contribution in [2.75, 3.05) is 5.32 Å². The minimum absolute atomic E-state index is 0.00488. The highest BCUT2D eigenvalue weighted by Crippen LogP contribution is 2.18. The number of amides is 2. The third-order valence-electron chi connectivity index (χ3n) is 2.65. The van der Waals surface area contributed by atoms with Crippen LogP contribution in [0.1, 0.15) is 20.8 Å². The summed E-state index contributed by atoms with van der Waals surface area (Å²) in [5.74, 6) is -0.757. The van der Waals surface area contributed by atoms with Crippen LogP contribution in [0.15, 0.2) is 24.3 Å². The third-order valence-corrected chi connectivity index (χ3v) is 2.65. The molecule has 0 saturated heterocycles. The van der Waals surface area contributed by atoms with Crippen LogP contribution in [0, 0.1) is 5.92 Å². The fourth-order valence-corrected chi connectivity index (χ4v) is 1.69. The first-order valence-corrected chi connectivity index (χ1v) is 6.42. The van der Waals surface area contributed by atoms with Gasteiger partial charge >= 0.3 is 6.61 Å².